The molecule has 1 aliphatic heterocycles. The van der Waals surface area contributed by atoms with Crippen molar-refractivity contribution in [3.05, 3.63) is 28.2 Å². The first-order valence-electron chi connectivity index (χ1n) is 8.15. The maximum absolute atomic E-state index is 12.4. The smallest absolute Gasteiger partial charge is 0.233 e. The van der Waals surface area contributed by atoms with Crippen LogP contribution in [0.2, 0.25) is 0 Å². The van der Waals surface area contributed by atoms with Gasteiger partial charge in [-0.1, -0.05) is 17.8 Å². The SMILES string of the molecule is Cn1c(Cc2cccs2)nnc1SCC(=O)N1CCC(C(N)=O)CC1. The Morgan fingerprint density at radius 1 is 1.36 bits per heavy atom. The molecule has 25 heavy (non-hydrogen) atoms. The van der Waals surface area contributed by atoms with Crippen molar-refractivity contribution >= 4 is 34.9 Å². The topological polar surface area (TPSA) is 94.1 Å². The van der Waals surface area contributed by atoms with Crippen molar-refractivity contribution in [1.29, 1.82) is 0 Å². The molecule has 1 fully saturated rings. The Kier molecular flexibility index (Phi) is 5.74. The second kappa shape index (κ2) is 8.01. The first-order valence-corrected chi connectivity index (χ1v) is 10.0. The molecule has 0 aliphatic carbocycles. The zero-order valence-electron chi connectivity index (χ0n) is 14.1. The highest BCUT2D eigenvalue weighted by Crippen LogP contribution is 2.21. The number of aromatic nitrogens is 3. The van der Waals surface area contributed by atoms with Crippen LogP contribution in [-0.2, 0) is 23.1 Å². The van der Waals surface area contributed by atoms with Gasteiger partial charge in [-0.25, -0.2) is 0 Å². The fourth-order valence-electron chi connectivity index (χ4n) is 2.82. The van der Waals surface area contributed by atoms with E-state index in [0.717, 1.165) is 17.4 Å². The highest BCUT2D eigenvalue weighted by Gasteiger charge is 2.26. The quantitative estimate of drug-likeness (QED) is 0.763. The third kappa shape index (κ3) is 4.40. The average molecular weight is 380 g/mol. The number of amides is 2. The predicted octanol–water partition coefficient (Wildman–Crippen LogP) is 1.28. The van der Waals surface area contributed by atoms with E-state index in [4.69, 9.17) is 5.73 Å². The van der Waals surface area contributed by atoms with E-state index in [1.54, 1.807) is 16.2 Å². The Bertz CT molecular complexity index is 736. The lowest BCUT2D eigenvalue weighted by atomic mass is 9.96. The van der Waals surface area contributed by atoms with E-state index >= 15 is 0 Å². The molecule has 0 radical (unpaired) electrons. The summed E-state index contributed by atoms with van der Waals surface area (Å²) < 4.78 is 1.94. The summed E-state index contributed by atoms with van der Waals surface area (Å²) in [6, 6.07) is 4.09. The maximum atomic E-state index is 12.4. The number of thiophene rings is 1. The molecule has 3 heterocycles. The molecule has 0 aromatic carbocycles. The van der Waals surface area contributed by atoms with Crippen molar-refractivity contribution in [3.63, 3.8) is 0 Å². The number of hydrogen-bond donors (Lipinski definition) is 1. The summed E-state index contributed by atoms with van der Waals surface area (Å²) in [4.78, 5) is 26.6. The highest BCUT2D eigenvalue weighted by atomic mass is 32.2. The van der Waals surface area contributed by atoms with Gasteiger partial charge in [0, 0.05) is 37.4 Å². The van der Waals surface area contributed by atoms with Crippen molar-refractivity contribution in [3.8, 4) is 0 Å². The molecule has 1 aliphatic rings. The molecule has 0 unspecified atom stereocenters. The minimum absolute atomic E-state index is 0.0655. The van der Waals surface area contributed by atoms with E-state index in [1.807, 2.05) is 23.1 Å². The molecule has 134 valence electrons. The van der Waals surface area contributed by atoms with Crippen LogP contribution in [0.3, 0.4) is 0 Å². The largest absolute Gasteiger partial charge is 0.369 e. The summed E-state index contributed by atoms with van der Waals surface area (Å²) in [6.45, 7) is 1.19. The number of rotatable bonds is 6. The monoisotopic (exact) mass is 379 g/mol. The van der Waals surface area contributed by atoms with E-state index in [2.05, 4.69) is 16.3 Å². The summed E-state index contributed by atoms with van der Waals surface area (Å²) in [5.74, 6) is 0.913. The number of piperidine rings is 1. The van der Waals surface area contributed by atoms with Gasteiger partial charge < -0.3 is 15.2 Å². The van der Waals surface area contributed by atoms with Gasteiger partial charge in [0.15, 0.2) is 5.16 Å². The van der Waals surface area contributed by atoms with E-state index in [-0.39, 0.29) is 17.7 Å². The molecule has 1 saturated heterocycles. The molecule has 0 atom stereocenters. The lowest BCUT2D eigenvalue weighted by Crippen LogP contribution is -2.42. The van der Waals surface area contributed by atoms with Crippen molar-refractivity contribution in [2.75, 3.05) is 18.8 Å². The molecule has 2 amide bonds. The Balaban J connectivity index is 1.51. The van der Waals surface area contributed by atoms with Crippen LogP contribution in [0.5, 0.6) is 0 Å². The van der Waals surface area contributed by atoms with Crippen LogP contribution in [0, 0.1) is 5.92 Å². The van der Waals surface area contributed by atoms with Crippen LogP contribution in [-0.4, -0.2) is 50.3 Å². The molecule has 2 N–H and O–H groups in total. The van der Waals surface area contributed by atoms with Crippen molar-refractivity contribution in [2.45, 2.75) is 24.4 Å². The molecule has 2 aromatic heterocycles. The van der Waals surface area contributed by atoms with Gasteiger partial charge >= 0.3 is 0 Å². The minimum atomic E-state index is -0.265. The van der Waals surface area contributed by atoms with Crippen molar-refractivity contribution < 1.29 is 9.59 Å². The molecule has 0 saturated carbocycles. The molecular weight excluding hydrogens is 358 g/mol. The van der Waals surface area contributed by atoms with Crippen LogP contribution >= 0.6 is 23.1 Å². The van der Waals surface area contributed by atoms with Gasteiger partial charge in [-0.3, -0.25) is 9.59 Å². The molecule has 7 nitrogen and oxygen atoms in total. The molecule has 9 heteroatoms. The summed E-state index contributed by atoms with van der Waals surface area (Å²) in [6.07, 6.45) is 2.05. The third-order valence-electron chi connectivity index (χ3n) is 4.41. The highest BCUT2D eigenvalue weighted by molar-refractivity contribution is 7.99. The van der Waals surface area contributed by atoms with Gasteiger partial charge in [0.05, 0.1) is 5.75 Å². The predicted molar refractivity (Wildman–Crippen MR) is 97.4 cm³/mol. The number of carbonyl (C=O) groups excluding carboxylic acids is 2. The number of nitrogens with two attached hydrogens (primary N) is 1. The number of likely N-dealkylation sites (tertiary alicyclic amines) is 1. The molecule has 0 bridgehead atoms. The molecule has 0 spiro atoms. The first kappa shape index (κ1) is 17.9. The molecular formula is C16H21N5O2S2. The lowest BCUT2D eigenvalue weighted by Gasteiger charge is -2.30. The summed E-state index contributed by atoms with van der Waals surface area (Å²) in [5, 5.41) is 11.2. The van der Waals surface area contributed by atoms with E-state index in [9.17, 15) is 9.59 Å². The van der Waals surface area contributed by atoms with Gasteiger partial charge in [-0.2, -0.15) is 0 Å². The summed E-state index contributed by atoms with van der Waals surface area (Å²) in [7, 11) is 1.92. The lowest BCUT2D eigenvalue weighted by molar-refractivity contribution is -0.132. The van der Waals surface area contributed by atoms with Crippen LogP contribution in [0.4, 0.5) is 0 Å². The second-order valence-corrected chi connectivity index (χ2v) is 8.03. The number of carbonyl (C=O) groups is 2. The van der Waals surface area contributed by atoms with Crippen molar-refractivity contribution in [2.24, 2.45) is 18.7 Å². The van der Waals surface area contributed by atoms with Gasteiger partial charge in [0.25, 0.3) is 0 Å². The van der Waals surface area contributed by atoms with Gasteiger partial charge in [0.1, 0.15) is 5.82 Å². The van der Waals surface area contributed by atoms with E-state index < -0.39 is 0 Å². The average Bonchev–Trinajstić information content (AvgIpc) is 3.24. The van der Waals surface area contributed by atoms with Crippen LogP contribution < -0.4 is 5.73 Å². The van der Waals surface area contributed by atoms with Crippen LogP contribution in [0.15, 0.2) is 22.7 Å². The Morgan fingerprint density at radius 2 is 2.12 bits per heavy atom. The normalized spacial score (nSPS) is 15.5. The third-order valence-corrected chi connectivity index (χ3v) is 6.29. The second-order valence-electron chi connectivity index (χ2n) is 6.06. The zero-order valence-corrected chi connectivity index (χ0v) is 15.7. The molecule has 2 aromatic rings. The first-order chi connectivity index (χ1) is 12.0. The van der Waals surface area contributed by atoms with Crippen LogP contribution in [0.1, 0.15) is 23.5 Å². The van der Waals surface area contributed by atoms with Gasteiger partial charge in [0.2, 0.25) is 11.8 Å². The van der Waals surface area contributed by atoms with Crippen molar-refractivity contribution in [1.82, 2.24) is 19.7 Å². The Morgan fingerprint density at radius 3 is 2.76 bits per heavy atom. The fourth-order valence-corrected chi connectivity index (χ4v) is 4.36. The zero-order chi connectivity index (χ0) is 17.8. The van der Waals surface area contributed by atoms with E-state index in [0.29, 0.717) is 31.7 Å². The Hall–Kier alpha value is -1.87. The van der Waals surface area contributed by atoms with Crippen LogP contribution in [0.25, 0.3) is 0 Å². The number of nitrogens with zero attached hydrogens (tertiary/aromatic N) is 4. The fraction of sp³-hybridized carbons (Fsp3) is 0.500. The molecule has 3 rings (SSSR count). The standard InChI is InChI=1S/C16H21N5O2S2/c1-20-13(9-12-3-2-8-24-12)18-19-16(20)25-10-14(22)21-6-4-11(5-7-21)15(17)23/h2-3,8,11H,4-7,9-10H2,1H3,(H2,17,23). The number of thioether (sulfide) groups is 1. The maximum Gasteiger partial charge on any atom is 0.233 e. The van der Waals surface area contributed by atoms with Gasteiger partial charge in [-0.05, 0) is 24.3 Å². The summed E-state index contributed by atoms with van der Waals surface area (Å²) >= 11 is 3.09. The van der Waals surface area contributed by atoms with E-state index in [1.165, 1.54) is 16.6 Å². The summed E-state index contributed by atoms with van der Waals surface area (Å²) in [5.41, 5.74) is 5.33. The van der Waals surface area contributed by atoms with Gasteiger partial charge in [-0.15, -0.1) is 21.5 Å². The Labute approximate surface area is 154 Å². The number of primary amides is 1. The number of hydrogen-bond acceptors (Lipinski definition) is 6. The minimum Gasteiger partial charge on any atom is -0.369 e.